The fourth-order valence-electron chi connectivity index (χ4n) is 3.12. The maximum Gasteiger partial charge on any atom is 0.270 e. The van der Waals surface area contributed by atoms with Crippen molar-refractivity contribution in [3.8, 4) is 0 Å². The van der Waals surface area contributed by atoms with Crippen molar-refractivity contribution < 1.29 is 14.5 Å². The number of nitrogens with one attached hydrogen (secondary N) is 1. The quantitative estimate of drug-likeness (QED) is 0.444. The predicted octanol–water partition coefficient (Wildman–Crippen LogP) is 3.46. The molecule has 3 rings (SSSR count). The summed E-state index contributed by atoms with van der Waals surface area (Å²) in [6.45, 7) is 0.640. The van der Waals surface area contributed by atoms with Gasteiger partial charge in [0.25, 0.3) is 5.69 Å². The van der Waals surface area contributed by atoms with Crippen LogP contribution in [0.15, 0.2) is 47.6 Å². The van der Waals surface area contributed by atoms with E-state index < -0.39 is 10.8 Å². The van der Waals surface area contributed by atoms with Crippen molar-refractivity contribution in [2.45, 2.75) is 25.7 Å². The van der Waals surface area contributed by atoms with Crippen molar-refractivity contribution in [2.24, 2.45) is 5.10 Å². The molecule has 0 fully saturated rings. The number of rotatable bonds is 6. The number of hydrogen-bond acceptors (Lipinski definition) is 5. The van der Waals surface area contributed by atoms with E-state index in [2.05, 4.69) is 10.5 Å². The summed E-state index contributed by atoms with van der Waals surface area (Å²) in [5, 5.41) is 14.9. The number of hydrazone groups is 1. The van der Waals surface area contributed by atoms with Crippen LogP contribution in [0.1, 0.15) is 30.4 Å². The molecule has 0 aliphatic carbocycles. The van der Waals surface area contributed by atoms with Gasteiger partial charge in [0.15, 0.2) is 0 Å². The maximum atomic E-state index is 12.5. The molecule has 1 aliphatic heterocycles. The molecule has 8 nitrogen and oxygen atoms in total. The van der Waals surface area contributed by atoms with Gasteiger partial charge in [0.1, 0.15) is 0 Å². The SMILES string of the molecule is O=C(CCC(=O)N1CCCc2ccccc21)NN=Cc1cc([N+](=O)[O-])ccc1Cl. The zero-order valence-electron chi connectivity index (χ0n) is 15.5. The number of hydrogen-bond donors (Lipinski definition) is 1. The molecule has 0 radical (unpaired) electrons. The van der Waals surface area contributed by atoms with Crippen LogP contribution in [0.2, 0.25) is 5.02 Å². The van der Waals surface area contributed by atoms with Crippen LogP contribution in [0.5, 0.6) is 0 Å². The summed E-state index contributed by atoms with van der Waals surface area (Å²) in [6.07, 6.45) is 3.11. The largest absolute Gasteiger partial charge is 0.312 e. The lowest BCUT2D eigenvalue weighted by atomic mass is 10.0. The minimum absolute atomic E-state index is 0.0164. The summed E-state index contributed by atoms with van der Waals surface area (Å²) < 4.78 is 0. The van der Waals surface area contributed by atoms with Crippen molar-refractivity contribution in [2.75, 3.05) is 11.4 Å². The number of benzene rings is 2. The summed E-state index contributed by atoms with van der Waals surface area (Å²) in [4.78, 5) is 36.5. The highest BCUT2D eigenvalue weighted by Gasteiger charge is 2.22. The third-order valence-electron chi connectivity index (χ3n) is 4.56. The number of anilines is 1. The number of amides is 2. The average molecular weight is 415 g/mol. The van der Waals surface area contributed by atoms with Gasteiger partial charge in [-0.1, -0.05) is 29.8 Å². The lowest BCUT2D eigenvalue weighted by molar-refractivity contribution is -0.384. The molecule has 0 bridgehead atoms. The molecule has 1 N–H and O–H groups in total. The third-order valence-corrected chi connectivity index (χ3v) is 4.90. The highest BCUT2D eigenvalue weighted by atomic mass is 35.5. The minimum Gasteiger partial charge on any atom is -0.312 e. The van der Waals surface area contributed by atoms with Crippen LogP contribution < -0.4 is 10.3 Å². The van der Waals surface area contributed by atoms with Crippen molar-refractivity contribution in [3.63, 3.8) is 0 Å². The standard InChI is InChI=1S/C20H19ClN4O4/c21-17-8-7-16(25(28)29)12-15(17)13-22-23-19(26)9-10-20(27)24-11-3-5-14-4-1-2-6-18(14)24/h1-2,4,6-8,12-13H,3,5,9-11H2,(H,23,26). The van der Waals surface area contributed by atoms with Gasteiger partial charge in [0.2, 0.25) is 11.8 Å². The average Bonchev–Trinajstić information content (AvgIpc) is 2.72. The smallest absolute Gasteiger partial charge is 0.270 e. The number of carbonyl (C=O) groups excluding carboxylic acids is 2. The van der Waals surface area contributed by atoms with Gasteiger partial charge in [0, 0.05) is 47.8 Å². The summed E-state index contributed by atoms with van der Waals surface area (Å²) in [5.41, 5.74) is 4.53. The number of aryl methyl sites for hydroxylation is 1. The molecule has 2 amide bonds. The number of carbonyl (C=O) groups is 2. The van der Waals surface area contributed by atoms with E-state index in [4.69, 9.17) is 11.6 Å². The van der Waals surface area contributed by atoms with Gasteiger partial charge in [-0.3, -0.25) is 19.7 Å². The van der Waals surface area contributed by atoms with Gasteiger partial charge in [-0.15, -0.1) is 0 Å². The van der Waals surface area contributed by atoms with E-state index in [1.54, 1.807) is 4.90 Å². The van der Waals surface area contributed by atoms with Crippen LogP contribution >= 0.6 is 11.6 Å². The number of non-ortho nitro benzene ring substituents is 1. The van der Waals surface area contributed by atoms with Gasteiger partial charge in [0.05, 0.1) is 11.1 Å². The van der Waals surface area contributed by atoms with Crippen LogP contribution in [-0.2, 0) is 16.0 Å². The number of nitro groups is 1. The van der Waals surface area contributed by atoms with Crippen LogP contribution in [-0.4, -0.2) is 29.5 Å². The van der Waals surface area contributed by atoms with E-state index in [0.29, 0.717) is 12.1 Å². The Morgan fingerprint density at radius 3 is 2.83 bits per heavy atom. The van der Waals surface area contributed by atoms with Gasteiger partial charge >= 0.3 is 0 Å². The van der Waals surface area contributed by atoms with E-state index >= 15 is 0 Å². The maximum absolute atomic E-state index is 12.5. The number of halogens is 1. The second kappa shape index (κ2) is 9.29. The van der Waals surface area contributed by atoms with E-state index in [-0.39, 0.29) is 29.5 Å². The summed E-state index contributed by atoms with van der Waals surface area (Å²) >= 11 is 5.97. The minimum atomic E-state index is -0.545. The van der Waals surface area contributed by atoms with E-state index in [1.807, 2.05) is 24.3 Å². The number of fused-ring (bicyclic) bond motifs is 1. The lowest BCUT2D eigenvalue weighted by Crippen LogP contribution is -2.36. The third kappa shape index (κ3) is 5.17. The topological polar surface area (TPSA) is 105 Å². The van der Waals surface area contributed by atoms with E-state index in [0.717, 1.165) is 24.1 Å². The van der Waals surface area contributed by atoms with Gasteiger partial charge in [-0.25, -0.2) is 5.43 Å². The Labute approximate surface area is 172 Å². The van der Waals surface area contributed by atoms with Crippen molar-refractivity contribution >= 4 is 41.0 Å². The number of nitro benzene ring substituents is 1. The lowest BCUT2D eigenvalue weighted by Gasteiger charge is -2.29. The first-order chi connectivity index (χ1) is 14.0. The van der Waals surface area contributed by atoms with Gasteiger partial charge in [-0.2, -0.15) is 5.10 Å². The molecule has 9 heteroatoms. The highest BCUT2D eigenvalue weighted by molar-refractivity contribution is 6.33. The zero-order chi connectivity index (χ0) is 20.8. The highest BCUT2D eigenvalue weighted by Crippen LogP contribution is 2.27. The molecule has 1 heterocycles. The molecule has 0 saturated heterocycles. The number of para-hydroxylation sites is 1. The Kier molecular flexibility index (Phi) is 6.56. The van der Waals surface area contributed by atoms with Crippen molar-refractivity contribution in [3.05, 3.63) is 68.7 Å². The van der Waals surface area contributed by atoms with Gasteiger partial charge in [-0.05, 0) is 30.5 Å². The Bertz CT molecular complexity index is 977. The molecular weight excluding hydrogens is 396 g/mol. The summed E-state index contributed by atoms with van der Waals surface area (Å²) in [6, 6.07) is 11.7. The van der Waals surface area contributed by atoms with Crippen molar-refractivity contribution in [1.29, 1.82) is 0 Å². The second-order valence-electron chi connectivity index (χ2n) is 6.53. The normalized spacial score (nSPS) is 13.2. The molecule has 29 heavy (non-hydrogen) atoms. The fourth-order valence-corrected chi connectivity index (χ4v) is 3.29. The Morgan fingerprint density at radius 2 is 2.03 bits per heavy atom. The molecular formula is C20H19ClN4O4. The molecule has 2 aromatic rings. The van der Waals surface area contributed by atoms with Crippen LogP contribution in [0.3, 0.4) is 0 Å². The first kappa shape index (κ1) is 20.5. The second-order valence-corrected chi connectivity index (χ2v) is 6.94. The van der Waals surface area contributed by atoms with Crippen molar-refractivity contribution in [1.82, 2.24) is 5.43 Å². The predicted molar refractivity (Wildman–Crippen MR) is 110 cm³/mol. The van der Waals surface area contributed by atoms with Crippen LogP contribution in [0, 0.1) is 10.1 Å². The Hall–Kier alpha value is -3.26. The molecule has 0 atom stereocenters. The molecule has 0 spiro atoms. The summed E-state index contributed by atoms with van der Waals surface area (Å²) in [7, 11) is 0. The Morgan fingerprint density at radius 1 is 1.24 bits per heavy atom. The van der Waals surface area contributed by atoms with Crippen LogP contribution in [0.4, 0.5) is 11.4 Å². The number of nitrogens with zero attached hydrogens (tertiary/aromatic N) is 3. The first-order valence-electron chi connectivity index (χ1n) is 9.10. The monoisotopic (exact) mass is 414 g/mol. The zero-order valence-corrected chi connectivity index (χ0v) is 16.3. The Balaban J connectivity index is 1.53. The van der Waals surface area contributed by atoms with E-state index in [9.17, 15) is 19.7 Å². The molecule has 0 saturated carbocycles. The fraction of sp³-hybridized carbons (Fsp3) is 0.250. The van der Waals surface area contributed by atoms with Gasteiger partial charge < -0.3 is 4.90 Å². The molecule has 150 valence electrons. The van der Waals surface area contributed by atoms with Crippen LogP contribution in [0.25, 0.3) is 0 Å². The first-order valence-corrected chi connectivity index (χ1v) is 9.47. The summed E-state index contributed by atoms with van der Waals surface area (Å²) in [5.74, 6) is -0.542. The molecule has 1 aliphatic rings. The molecule has 0 aromatic heterocycles. The molecule has 2 aromatic carbocycles. The molecule has 0 unspecified atom stereocenters. The van der Waals surface area contributed by atoms with E-state index in [1.165, 1.54) is 24.4 Å².